The second-order valence-electron chi connectivity index (χ2n) is 6.86. The van der Waals surface area contributed by atoms with Crippen LogP contribution in [0.15, 0.2) is 6.33 Å². The van der Waals surface area contributed by atoms with Gasteiger partial charge in [0.15, 0.2) is 0 Å². The van der Waals surface area contributed by atoms with Crippen LogP contribution in [0.4, 0.5) is 0 Å². The summed E-state index contributed by atoms with van der Waals surface area (Å²) < 4.78 is 2.10. The number of hydrogen-bond donors (Lipinski definition) is 1. The molecule has 4 heteroatoms. The lowest BCUT2D eigenvalue weighted by molar-refractivity contribution is 0.154. The summed E-state index contributed by atoms with van der Waals surface area (Å²) in [5.41, 5.74) is 0.428. The Hall–Kier alpha value is -0.900. The van der Waals surface area contributed by atoms with Gasteiger partial charge >= 0.3 is 0 Å². The molecule has 1 heterocycles. The molecule has 0 radical (unpaired) electrons. The van der Waals surface area contributed by atoms with E-state index in [4.69, 9.17) is 0 Å². The van der Waals surface area contributed by atoms with Crippen molar-refractivity contribution < 1.29 is 0 Å². The van der Waals surface area contributed by atoms with Crippen molar-refractivity contribution >= 4 is 0 Å². The minimum absolute atomic E-state index is 0.405. The summed E-state index contributed by atoms with van der Waals surface area (Å²) in [6.07, 6.45) is 8.50. The SMILES string of the molecule is CNCC1(Cc2ncnn2C(C)C)CC2CCC1C2. The molecule has 3 unspecified atom stereocenters. The molecule has 0 saturated heterocycles. The fourth-order valence-electron chi connectivity index (χ4n) is 4.55. The van der Waals surface area contributed by atoms with Crippen LogP contribution < -0.4 is 5.32 Å². The Balaban J connectivity index is 1.84. The predicted molar refractivity (Wildman–Crippen MR) is 75.9 cm³/mol. The molecule has 3 atom stereocenters. The van der Waals surface area contributed by atoms with Gasteiger partial charge in [-0.15, -0.1) is 0 Å². The molecule has 1 aromatic heterocycles. The molecule has 106 valence electrons. The molecule has 2 saturated carbocycles. The quantitative estimate of drug-likeness (QED) is 0.886. The van der Waals surface area contributed by atoms with Crippen LogP contribution in [0.3, 0.4) is 0 Å². The van der Waals surface area contributed by atoms with E-state index in [2.05, 4.69) is 41.0 Å². The molecule has 0 spiro atoms. The number of rotatable bonds is 5. The van der Waals surface area contributed by atoms with Crippen LogP contribution in [0.25, 0.3) is 0 Å². The second-order valence-corrected chi connectivity index (χ2v) is 6.86. The molecule has 2 aliphatic rings. The monoisotopic (exact) mass is 262 g/mol. The van der Waals surface area contributed by atoms with Gasteiger partial charge in [0.05, 0.1) is 0 Å². The molecule has 19 heavy (non-hydrogen) atoms. The first kappa shape index (κ1) is 13.1. The fourth-order valence-corrected chi connectivity index (χ4v) is 4.55. The van der Waals surface area contributed by atoms with E-state index in [0.29, 0.717) is 11.5 Å². The number of fused-ring (bicyclic) bond motifs is 2. The summed E-state index contributed by atoms with van der Waals surface area (Å²) in [6.45, 7) is 5.49. The Morgan fingerprint density at radius 2 is 2.32 bits per heavy atom. The van der Waals surface area contributed by atoms with Gasteiger partial charge in [-0.05, 0) is 57.4 Å². The third-order valence-electron chi connectivity index (χ3n) is 5.28. The summed E-state index contributed by atoms with van der Waals surface area (Å²) >= 11 is 0. The van der Waals surface area contributed by atoms with Gasteiger partial charge in [-0.1, -0.05) is 6.42 Å². The minimum Gasteiger partial charge on any atom is -0.319 e. The molecular weight excluding hydrogens is 236 g/mol. The lowest BCUT2D eigenvalue weighted by atomic mass is 9.70. The van der Waals surface area contributed by atoms with Crippen molar-refractivity contribution in [1.29, 1.82) is 0 Å². The largest absolute Gasteiger partial charge is 0.319 e. The summed E-state index contributed by atoms with van der Waals surface area (Å²) in [6, 6.07) is 0.405. The van der Waals surface area contributed by atoms with Crippen molar-refractivity contribution in [3.63, 3.8) is 0 Å². The number of aromatic nitrogens is 3. The highest BCUT2D eigenvalue weighted by atomic mass is 15.3. The van der Waals surface area contributed by atoms with Gasteiger partial charge in [0, 0.05) is 19.0 Å². The third kappa shape index (κ3) is 2.20. The molecule has 0 aliphatic heterocycles. The molecular formula is C15H26N4. The van der Waals surface area contributed by atoms with Crippen LogP contribution in [-0.2, 0) is 6.42 Å². The van der Waals surface area contributed by atoms with E-state index >= 15 is 0 Å². The molecule has 1 aromatic rings. The average molecular weight is 262 g/mol. The van der Waals surface area contributed by atoms with Gasteiger partial charge in [-0.2, -0.15) is 5.10 Å². The number of nitrogens with one attached hydrogen (secondary N) is 1. The maximum absolute atomic E-state index is 4.54. The van der Waals surface area contributed by atoms with Crippen LogP contribution in [0.5, 0.6) is 0 Å². The summed E-state index contributed by atoms with van der Waals surface area (Å²) in [5.74, 6) is 3.04. The van der Waals surface area contributed by atoms with E-state index in [-0.39, 0.29) is 0 Å². The first-order chi connectivity index (χ1) is 9.14. The lowest BCUT2D eigenvalue weighted by Crippen LogP contribution is -2.40. The van der Waals surface area contributed by atoms with Crippen LogP contribution in [0.1, 0.15) is 51.4 Å². The van der Waals surface area contributed by atoms with Crippen molar-refractivity contribution in [2.24, 2.45) is 17.3 Å². The van der Waals surface area contributed by atoms with Crippen molar-refractivity contribution in [1.82, 2.24) is 20.1 Å². The summed E-state index contributed by atoms with van der Waals surface area (Å²) in [5, 5.41) is 7.84. The topological polar surface area (TPSA) is 42.7 Å². The van der Waals surface area contributed by atoms with Gasteiger partial charge in [-0.25, -0.2) is 9.67 Å². The Morgan fingerprint density at radius 1 is 1.47 bits per heavy atom. The zero-order valence-corrected chi connectivity index (χ0v) is 12.4. The van der Waals surface area contributed by atoms with Crippen LogP contribution >= 0.6 is 0 Å². The highest BCUT2D eigenvalue weighted by Gasteiger charge is 2.50. The summed E-state index contributed by atoms with van der Waals surface area (Å²) in [4.78, 5) is 4.54. The lowest BCUT2D eigenvalue weighted by Gasteiger charge is -2.37. The molecule has 2 bridgehead atoms. The van der Waals surface area contributed by atoms with Crippen molar-refractivity contribution in [3.8, 4) is 0 Å². The predicted octanol–water partition coefficient (Wildman–Crippen LogP) is 2.43. The van der Waals surface area contributed by atoms with Crippen molar-refractivity contribution in [3.05, 3.63) is 12.2 Å². The van der Waals surface area contributed by atoms with Gasteiger partial charge in [0.2, 0.25) is 0 Å². The Morgan fingerprint density at radius 3 is 2.89 bits per heavy atom. The number of hydrogen-bond acceptors (Lipinski definition) is 3. The maximum atomic E-state index is 4.54. The van der Waals surface area contributed by atoms with E-state index in [9.17, 15) is 0 Å². The zero-order valence-electron chi connectivity index (χ0n) is 12.4. The van der Waals surface area contributed by atoms with E-state index in [1.807, 2.05) is 0 Å². The van der Waals surface area contributed by atoms with E-state index in [1.165, 1.54) is 31.5 Å². The van der Waals surface area contributed by atoms with E-state index < -0.39 is 0 Å². The standard InChI is InChI=1S/C15H26N4/c1-11(2)19-14(17-10-18-19)8-15(9-16-3)7-12-4-5-13(15)6-12/h10-13,16H,4-9H2,1-3H3. The van der Waals surface area contributed by atoms with Gasteiger partial charge < -0.3 is 5.32 Å². The second kappa shape index (κ2) is 4.89. The van der Waals surface area contributed by atoms with E-state index in [1.54, 1.807) is 6.33 Å². The molecule has 3 rings (SSSR count). The minimum atomic E-state index is 0.405. The molecule has 2 fully saturated rings. The maximum Gasteiger partial charge on any atom is 0.138 e. The molecule has 2 aliphatic carbocycles. The highest BCUT2D eigenvalue weighted by molar-refractivity contribution is 5.06. The van der Waals surface area contributed by atoms with E-state index in [0.717, 1.165) is 24.8 Å². The molecule has 1 N–H and O–H groups in total. The van der Waals surface area contributed by atoms with Crippen LogP contribution in [0, 0.1) is 17.3 Å². The van der Waals surface area contributed by atoms with Crippen molar-refractivity contribution in [2.75, 3.05) is 13.6 Å². The third-order valence-corrected chi connectivity index (χ3v) is 5.28. The van der Waals surface area contributed by atoms with Gasteiger partial charge in [0.1, 0.15) is 12.2 Å². The molecule has 0 amide bonds. The zero-order chi connectivity index (χ0) is 13.5. The van der Waals surface area contributed by atoms with Gasteiger partial charge in [-0.3, -0.25) is 0 Å². The van der Waals surface area contributed by atoms with Gasteiger partial charge in [0.25, 0.3) is 0 Å². The smallest absolute Gasteiger partial charge is 0.138 e. The number of nitrogens with zero attached hydrogens (tertiary/aromatic N) is 3. The molecule has 0 aromatic carbocycles. The Bertz CT molecular complexity index is 439. The molecule has 4 nitrogen and oxygen atoms in total. The Labute approximate surface area is 116 Å². The van der Waals surface area contributed by atoms with Crippen molar-refractivity contribution in [2.45, 2.75) is 52.0 Å². The van der Waals surface area contributed by atoms with Crippen LogP contribution in [0.2, 0.25) is 0 Å². The first-order valence-corrected chi connectivity index (χ1v) is 7.67. The first-order valence-electron chi connectivity index (χ1n) is 7.67. The fraction of sp³-hybridized carbons (Fsp3) is 0.867. The van der Waals surface area contributed by atoms with Crippen LogP contribution in [-0.4, -0.2) is 28.4 Å². The summed E-state index contributed by atoms with van der Waals surface area (Å²) in [7, 11) is 2.08. The highest BCUT2D eigenvalue weighted by Crippen LogP contribution is 2.56. The Kier molecular flexibility index (Phi) is 3.37. The average Bonchev–Trinajstić information content (AvgIpc) is 3.04. The normalized spacial score (nSPS) is 33.5.